The molecule has 1 amide bonds. The number of fused-ring (bicyclic) bond motifs is 3. The van der Waals surface area contributed by atoms with Crippen molar-refractivity contribution in [3.63, 3.8) is 0 Å². The predicted octanol–water partition coefficient (Wildman–Crippen LogP) is 3.95. The maximum atomic E-state index is 12.6. The molecule has 5 rings (SSSR count). The third-order valence-corrected chi connectivity index (χ3v) is 6.19. The van der Waals surface area contributed by atoms with Crippen molar-refractivity contribution in [1.29, 1.82) is 0 Å². The zero-order valence-electron chi connectivity index (χ0n) is 19.0. The Hall–Kier alpha value is -3.48. The van der Waals surface area contributed by atoms with Crippen molar-refractivity contribution in [2.45, 2.75) is 33.7 Å². The predicted molar refractivity (Wildman–Crippen MR) is 127 cm³/mol. The Morgan fingerprint density at radius 2 is 1.88 bits per heavy atom. The van der Waals surface area contributed by atoms with E-state index in [1.165, 1.54) is 5.56 Å². The molecule has 0 spiro atoms. The van der Waals surface area contributed by atoms with Gasteiger partial charge in [0.15, 0.2) is 11.5 Å². The molecular weight excluding hydrogens is 400 g/mol. The van der Waals surface area contributed by atoms with Crippen molar-refractivity contribution >= 4 is 28.4 Å². The number of carbonyl (C=O) groups excluding carboxylic acids is 1. The number of benzene rings is 2. The zero-order valence-corrected chi connectivity index (χ0v) is 19.0. The van der Waals surface area contributed by atoms with Crippen molar-refractivity contribution in [2.75, 3.05) is 24.5 Å². The summed E-state index contributed by atoms with van der Waals surface area (Å²) < 4.78 is 2.07. The van der Waals surface area contributed by atoms with Gasteiger partial charge in [0.2, 0.25) is 11.9 Å². The van der Waals surface area contributed by atoms with Gasteiger partial charge >= 0.3 is 0 Å². The van der Waals surface area contributed by atoms with E-state index in [1.54, 1.807) is 0 Å². The third kappa shape index (κ3) is 3.38. The second kappa shape index (κ2) is 7.89. The van der Waals surface area contributed by atoms with Crippen LogP contribution >= 0.6 is 0 Å². The summed E-state index contributed by atoms with van der Waals surface area (Å²) in [5, 5.41) is 10.1. The lowest BCUT2D eigenvalue weighted by Gasteiger charge is -2.41. The molecule has 164 valence electrons. The minimum absolute atomic E-state index is 0.000252. The summed E-state index contributed by atoms with van der Waals surface area (Å²) in [5.74, 6) is 1.81. The Labute approximate surface area is 187 Å². The lowest BCUT2D eigenvalue weighted by Crippen LogP contribution is -2.55. The van der Waals surface area contributed by atoms with Gasteiger partial charge in [-0.05, 0) is 32.0 Å². The first kappa shape index (κ1) is 20.4. The van der Waals surface area contributed by atoms with Gasteiger partial charge in [0.05, 0.1) is 5.52 Å². The van der Waals surface area contributed by atoms with E-state index in [0.717, 1.165) is 33.9 Å². The van der Waals surface area contributed by atoms with Gasteiger partial charge in [-0.2, -0.15) is 0 Å². The Morgan fingerprint density at radius 3 is 2.62 bits per heavy atom. The van der Waals surface area contributed by atoms with Crippen LogP contribution in [-0.4, -0.2) is 56.1 Å². The molecular formula is C25H28N6O. The number of hydrogen-bond acceptors (Lipinski definition) is 5. The molecule has 32 heavy (non-hydrogen) atoms. The first-order valence-corrected chi connectivity index (χ1v) is 11.2. The van der Waals surface area contributed by atoms with Gasteiger partial charge in [0.1, 0.15) is 0 Å². The number of aromatic nitrogens is 4. The molecule has 0 unspecified atom stereocenters. The molecule has 1 atom stereocenters. The van der Waals surface area contributed by atoms with Crippen molar-refractivity contribution < 1.29 is 4.79 Å². The molecule has 0 bridgehead atoms. The molecule has 0 radical (unpaired) electrons. The second-order valence-electron chi connectivity index (χ2n) is 8.96. The minimum Gasteiger partial charge on any atom is -0.338 e. The maximum Gasteiger partial charge on any atom is 0.225 e. The van der Waals surface area contributed by atoms with Crippen molar-refractivity contribution in [3.05, 3.63) is 54.1 Å². The monoisotopic (exact) mass is 428 g/mol. The third-order valence-electron chi connectivity index (χ3n) is 6.19. The van der Waals surface area contributed by atoms with Crippen LogP contribution < -0.4 is 4.90 Å². The molecule has 4 aromatic rings. The van der Waals surface area contributed by atoms with Gasteiger partial charge in [-0.3, -0.25) is 4.79 Å². The van der Waals surface area contributed by atoms with Crippen LogP contribution in [0.3, 0.4) is 0 Å². The van der Waals surface area contributed by atoms with E-state index in [9.17, 15) is 4.79 Å². The average Bonchev–Trinajstić information content (AvgIpc) is 3.23. The lowest BCUT2D eigenvalue weighted by atomic mass is 10.1. The Balaban J connectivity index is 1.65. The normalized spacial score (nSPS) is 17.0. The zero-order chi connectivity index (χ0) is 22.4. The summed E-state index contributed by atoms with van der Waals surface area (Å²) in [6, 6.07) is 16.5. The number of aryl methyl sites for hydroxylation is 1. The van der Waals surface area contributed by atoms with Crippen LogP contribution in [0.2, 0.25) is 0 Å². The lowest BCUT2D eigenvalue weighted by molar-refractivity contribution is -0.136. The largest absolute Gasteiger partial charge is 0.338 e. The summed E-state index contributed by atoms with van der Waals surface area (Å²) in [7, 11) is 0. The van der Waals surface area contributed by atoms with Crippen LogP contribution in [0, 0.1) is 12.8 Å². The highest BCUT2D eigenvalue weighted by Gasteiger charge is 2.31. The molecule has 0 aliphatic carbocycles. The molecule has 1 aliphatic heterocycles. The number of piperazine rings is 1. The smallest absolute Gasteiger partial charge is 0.225 e. The second-order valence-corrected chi connectivity index (χ2v) is 8.96. The van der Waals surface area contributed by atoms with E-state index in [-0.39, 0.29) is 17.9 Å². The van der Waals surface area contributed by atoms with Gasteiger partial charge in [-0.25, -0.2) is 9.38 Å². The van der Waals surface area contributed by atoms with Gasteiger partial charge in [0.25, 0.3) is 0 Å². The summed E-state index contributed by atoms with van der Waals surface area (Å²) >= 11 is 0. The van der Waals surface area contributed by atoms with Crippen LogP contribution in [0.1, 0.15) is 26.3 Å². The van der Waals surface area contributed by atoms with Crippen LogP contribution in [-0.2, 0) is 4.79 Å². The maximum absolute atomic E-state index is 12.6. The van der Waals surface area contributed by atoms with Crippen LogP contribution in [0.15, 0.2) is 48.5 Å². The molecule has 1 saturated heterocycles. The fourth-order valence-corrected chi connectivity index (χ4v) is 4.55. The molecule has 7 heteroatoms. The number of para-hydroxylation sites is 1. The Bertz CT molecular complexity index is 1310. The average molecular weight is 429 g/mol. The van der Waals surface area contributed by atoms with Gasteiger partial charge in [0, 0.05) is 42.5 Å². The highest BCUT2D eigenvalue weighted by Crippen LogP contribution is 2.30. The van der Waals surface area contributed by atoms with Gasteiger partial charge < -0.3 is 9.80 Å². The number of nitrogens with zero attached hydrogens (tertiary/aromatic N) is 6. The van der Waals surface area contributed by atoms with Crippen molar-refractivity contribution in [2.24, 2.45) is 5.92 Å². The Morgan fingerprint density at radius 1 is 1.06 bits per heavy atom. The highest BCUT2D eigenvalue weighted by atomic mass is 16.2. The van der Waals surface area contributed by atoms with Crippen molar-refractivity contribution in [1.82, 2.24) is 24.5 Å². The number of carbonyl (C=O) groups is 1. The molecule has 7 nitrogen and oxygen atoms in total. The van der Waals surface area contributed by atoms with Crippen LogP contribution in [0.25, 0.3) is 27.9 Å². The SMILES string of the molecule is Cc1cccc(-c2nnc3c4ccccc4nc(N4CCN(C(=O)C(C)C)[C@H](C)C4)n23)c1. The van der Waals surface area contributed by atoms with Crippen LogP contribution in [0.4, 0.5) is 5.95 Å². The van der Waals surface area contributed by atoms with E-state index in [0.29, 0.717) is 19.6 Å². The van der Waals surface area contributed by atoms with Gasteiger partial charge in [-0.1, -0.05) is 49.7 Å². The quantitative estimate of drug-likeness (QED) is 0.494. The molecule has 2 aromatic heterocycles. The molecule has 2 aromatic carbocycles. The topological polar surface area (TPSA) is 66.6 Å². The molecule has 3 heterocycles. The summed E-state index contributed by atoms with van der Waals surface area (Å²) in [5.41, 5.74) is 3.88. The summed E-state index contributed by atoms with van der Waals surface area (Å²) in [6.45, 7) is 10.2. The standard InChI is InChI=1S/C25H28N6O/c1-16(2)24(32)30-13-12-29(15-18(30)4)25-26-21-11-6-5-10-20(21)23-28-27-22(31(23)25)19-9-7-8-17(3)14-19/h5-11,14,16,18H,12-13,15H2,1-4H3/t18-/m1/s1. The molecule has 1 aliphatic rings. The first-order chi connectivity index (χ1) is 15.4. The van der Waals surface area contributed by atoms with E-state index in [4.69, 9.17) is 4.98 Å². The summed E-state index contributed by atoms with van der Waals surface area (Å²) in [6.07, 6.45) is 0. The van der Waals surface area contributed by atoms with Crippen LogP contribution in [0.5, 0.6) is 0 Å². The van der Waals surface area contributed by atoms with E-state index in [2.05, 4.69) is 51.5 Å². The molecule has 0 saturated carbocycles. The number of amides is 1. The van der Waals surface area contributed by atoms with E-state index >= 15 is 0 Å². The molecule has 1 fully saturated rings. The number of anilines is 1. The highest BCUT2D eigenvalue weighted by molar-refractivity contribution is 5.93. The Kier molecular flexibility index (Phi) is 5.04. The van der Waals surface area contributed by atoms with E-state index < -0.39 is 0 Å². The number of rotatable bonds is 3. The first-order valence-electron chi connectivity index (χ1n) is 11.2. The number of hydrogen-bond donors (Lipinski definition) is 0. The van der Waals surface area contributed by atoms with E-state index in [1.807, 2.05) is 49.1 Å². The molecule has 0 N–H and O–H groups in total. The summed E-state index contributed by atoms with van der Waals surface area (Å²) in [4.78, 5) is 21.9. The van der Waals surface area contributed by atoms with Gasteiger partial charge in [-0.15, -0.1) is 10.2 Å². The minimum atomic E-state index is 0.000252. The fraction of sp³-hybridized carbons (Fsp3) is 0.360. The van der Waals surface area contributed by atoms with Crippen molar-refractivity contribution in [3.8, 4) is 11.4 Å². The fourth-order valence-electron chi connectivity index (χ4n) is 4.55.